The van der Waals surface area contributed by atoms with Gasteiger partial charge >= 0.3 is 5.97 Å². The van der Waals surface area contributed by atoms with Gasteiger partial charge in [-0.3, -0.25) is 4.79 Å². The molecule has 0 bridgehead atoms. The molecule has 0 amide bonds. The molecule has 0 aliphatic heterocycles. The molecular weight excluding hydrogens is 392 g/mol. The van der Waals surface area contributed by atoms with Gasteiger partial charge in [0.05, 0.1) is 12.5 Å². The van der Waals surface area contributed by atoms with Crippen molar-refractivity contribution in [2.75, 3.05) is 6.61 Å². The third kappa shape index (κ3) is 3.27. The predicted molar refractivity (Wildman–Crippen MR) is 104 cm³/mol. The molecular formula is C22H23BrO3. The Labute approximate surface area is 162 Å². The summed E-state index contributed by atoms with van der Waals surface area (Å²) in [4.78, 5) is 11.8. The molecule has 2 aromatic rings. The van der Waals surface area contributed by atoms with Crippen molar-refractivity contribution in [1.82, 2.24) is 0 Å². The summed E-state index contributed by atoms with van der Waals surface area (Å²) in [5.74, 6) is 1.15. The largest absolute Gasteiger partial charge is 0.486 e. The zero-order chi connectivity index (χ0) is 18.3. The van der Waals surface area contributed by atoms with Crippen LogP contribution in [0.2, 0.25) is 0 Å². The normalized spacial score (nSPS) is 23.4. The van der Waals surface area contributed by atoms with E-state index in [4.69, 9.17) is 9.47 Å². The van der Waals surface area contributed by atoms with Crippen LogP contribution in [0.1, 0.15) is 54.0 Å². The van der Waals surface area contributed by atoms with Gasteiger partial charge in [0.25, 0.3) is 0 Å². The summed E-state index contributed by atoms with van der Waals surface area (Å²) in [6.07, 6.45) is 3.06. The summed E-state index contributed by atoms with van der Waals surface area (Å²) in [5, 5.41) is 0. The number of benzene rings is 2. The third-order valence-electron chi connectivity index (χ3n) is 5.46. The van der Waals surface area contributed by atoms with Gasteiger partial charge in [0, 0.05) is 4.47 Å². The van der Waals surface area contributed by atoms with Gasteiger partial charge in [-0.15, -0.1) is 0 Å². The Morgan fingerprint density at radius 3 is 2.69 bits per heavy atom. The van der Waals surface area contributed by atoms with Crippen LogP contribution in [0, 0.1) is 12.8 Å². The second kappa shape index (κ2) is 7.07. The van der Waals surface area contributed by atoms with Crippen LogP contribution >= 0.6 is 15.9 Å². The Hall–Kier alpha value is -1.81. The van der Waals surface area contributed by atoms with Crippen LogP contribution in [-0.4, -0.2) is 12.6 Å². The molecule has 0 heterocycles. The fraction of sp³-hybridized carbons (Fsp3) is 0.409. The van der Waals surface area contributed by atoms with Crippen LogP contribution in [0.3, 0.4) is 0 Å². The number of ether oxygens (including phenoxy) is 2. The maximum absolute atomic E-state index is 11.8. The Morgan fingerprint density at radius 1 is 1.19 bits per heavy atom. The standard InChI is InChI=1S/C22H23BrO3/c1-3-25-22(24)18-12-17(18)14-5-7-15(8-6-14)26-20-11-9-16-19(23)10-4-13(2)21(16)20/h4-8,10,17-18,20H,3,9,11-12H2,1-2H3. The molecule has 3 unspecified atom stereocenters. The molecule has 2 aromatic carbocycles. The van der Waals surface area contributed by atoms with Gasteiger partial charge in [-0.05, 0) is 79.5 Å². The topological polar surface area (TPSA) is 35.5 Å². The van der Waals surface area contributed by atoms with Crippen molar-refractivity contribution in [2.24, 2.45) is 5.92 Å². The van der Waals surface area contributed by atoms with E-state index in [0.29, 0.717) is 12.5 Å². The predicted octanol–water partition coefficient (Wildman–Crippen LogP) is 5.49. The number of hydrogen-bond acceptors (Lipinski definition) is 3. The van der Waals surface area contributed by atoms with Crippen LogP contribution in [-0.2, 0) is 16.0 Å². The second-order valence-corrected chi connectivity index (χ2v) is 8.03. The lowest BCUT2D eigenvalue weighted by Gasteiger charge is -2.17. The fourth-order valence-electron chi connectivity index (χ4n) is 4.03. The maximum Gasteiger partial charge on any atom is 0.309 e. The zero-order valence-electron chi connectivity index (χ0n) is 15.1. The quantitative estimate of drug-likeness (QED) is 0.606. The molecule has 4 rings (SSSR count). The first-order chi connectivity index (χ1) is 12.6. The summed E-state index contributed by atoms with van der Waals surface area (Å²) in [6.45, 7) is 4.45. The number of carbonyl (C=O) groups excluding carboxylic acids is 1. The minimum atomic E-state index is -0.0681. The van der Waals surface area contributed by atoms with Crippen molar-refractivity contribution in [3.8, 4) is 5.75 Å². The summed E-state index contributed by atoms with van der Waals surface area (Å²) in [7, 11) is 0. The first kappa shape index (κ1) is 17.6. The van der Waals surface area contributed by atoms with E-state index >= 15 is 0 Å². The van der Waals surface area contributed by atoms with Crippen molar-refractivity contribution in [2.45, 2.75) is 45.1 Å². The Kier molecular flexibility index (Phi) is 4.78. The molecule has 3 atom stereocenters. The first-order valence-corrected chi connectivity index (χ1v) is 10.1. The van der Waals surface area contributed by atoms with Gasteiger partial charge in [-0.1, -0.05) is 34.1 Å². The van der Waals surface area contributed by atoms with E-state index in [2.05, 4.69) is 47.1 Å². The number of aryl methyl sites for hydroxylation is 1. The van der Waals surface area contributed by atoms with E-state index in [1.54, 1.807) is 0 Å². The first-order valence-electron chi connectivity index (χ1n) is 9.29. The number of fused-ring (bicyclic) bond motifs is 1. The smallest absolute Gasteiger partial charge is 0.309 e. The third-order valence-corrected chi connectivity index (χ3v) is 6.21. The van der Waals surface area contributed by atoms with Crippen LogP contribution < -0.4 is 4.74 Å². The van der Waals surface area contributed by atoms with Crippen LogP contribution in [0.15, 0.2) is 40.9 Å². The van der Waals surface area contributed by atoms with Gasteiger partial charge in [0.2, 0.25) is 0 Å². The Balaban J connectivity index is 1.44. The minimum absolute atomic E-state index is 0.0310. The molecule has 0 spiro atoms. The molecule has 4 heteroatoms. The zero-order valence-corrected chi connectivity index (χ0v) is 16.7. The Bertz CT molecular complexity index is 828. The SMILES string of the molecule is CCOC(=O)C1CC1c1ccc(OC2CCc3c(Br)ccc(C)c32)cc1. The van der Waals surface area contributed by atoms with Gasteiger partial charge < -0.3 is 9.47 Å². The molecule has 0 N–H and O–H groups in total. The monoisotopic (exact) mass is 414 g/mol. The van der Waals surface area contributed by atoms with Crippen molar-refractivity contribution >= 4 is 21.9 Å². The average molecular weight is 415 g/mol. The van der Waals surface area contributed by atoms with Gasteiger partial charge in [-0.2, -0.15) is 0 Å². The molecule has 0 saturated heterocycles. The summed E-state index contributed by atoms with van der Waals surface area (Å²) in [5.41, 5.74) is 5.19. The lowest BCUT2D eigenvalue weighted by atomic mass is 10.0. The van der Waals surface area contributed by atoms with E-state index in [9.17, 15) is 4.79 Å². The number of esters is 1. The van der Waals surface area contributed by atoms with E-state index < -0.39 is 0 Å². The van der Waals surface area contributed by atoms with Crippen molar-refractivity contribution in [1.29, 1.82) is 0 Å². The summed E-state index contributed by atoms with van der Waals surface area (Å²) < 4.78 is 12.6. The lowest BCUT2D eigenvalue weighted by Crippen LogP contribution is -2.07. The molecule has 1 fully saturated rings. The van der Waals surface area contributed by atoms with Gasteiger partial charge in [0.1, 0.15) is 11.9 Å². The molecule has 26 heavy (non-hydrogen) atoms. The molecule has 3 nitrogen and oxygen atoms in total. The van der Waals surface area contributed by atoms with E-state index in [-0.39, 0.29) is 18.0 Å². The number of halogens is 1. The maximum atomic E-state index is 11.8. The fourth-order valence-corrected chi connectivity index (χ4v) is 4.57. The van der Waals surface area contributed by atoms with E-state index in [0.717, 1.165) is 25.0 Å². The molecule has 136 valence electrons. The number of carbonyl (C=O) groups is 1. The molecule has 0 aromatic heterocycles. The Morgan fingerprint density at radius 2 is 1.96 bits per heavy atom. The summed E-state index contributed by atoms with van der Waals surface area (Å²) in [6, 6.07) is 12.5. The lowest BCUT2D eigenvalue weighted by molar-refractivity contribution is -0.144. The highest BCUT2D eigenvalue weighted by molar-refractivity contribution is 9.10. The van der Waals surface area contributed by atoms with Crippen LogP contribution in [0.25, 0.3) is 0 Å². The number of hydrogen-bond donors (Lipinski definition) is 0. The average Bonchev–Trinajstić information content (AvgIpc) is 3.33. The highest BCUT2D eigenvalue weighted by Crippen LogP contribution is 2.48. The molecule has 1 saturated carbocycles. The summed E-state index contributed by atoms with van der Waals surface area (Å²) >= 11 is 3.66. The van der Waals surface area contributed by atoms with Crippen molar-refractivity contribution in [3.05, 3.63) is 63.1 Å². The molecule has 2 aliphatic rings. The van der Waals surface area contributed by atoms with Crippen LogP contribution in [0.4, 0.5) is 0 Å². The molecule has 0 radical (unpaired) electrons. The van der Waals surface area contributed by atoms with Gasteiger partial charge in [-0.25, -0.2) is 0 Å². The van der Waals surface area contributed by atoms with E-state index in [1.807, 2.05) is 19.1 Å². The van der Waals surface area contributed by atoms with E-state index in [1.165, 1.54) is 26.7 Å². The highest BCUT2D eigenvalue weighted by Gasteiger charge is 2.45. The van der Waals surface area contributed by atoms with Crippen molar-refractivity contribution < 1.29 is 14.3 Å². The number of rotatable bonds is 5. The highest BCUT2D eigenvalue weighted by atomic mass is 79.9. The van der Waals surface area contributed by atoms with Gasteiger partial charge in [0.15, 0.2) is 0 Å². The minimum Gasteiger partial charge on any atom is -0.486 e. The molecule has 2 aliphatic carbocycles. The van der Waals surface area contributed by atoms with Crippen LogP contribution in [0.5, 0.6) is 5.75 Å². The van der Waals surface area contributed by atoms with Crippen molar-refractivity contribution in [3.63, 3.8) is 0 Å². The second-order valence-electron chi connectivity index (χ2n) is 7.17.